The van der Waals surface area contributed by atoms with Crippen molar-refractivity contribution >= 4 is 17.0 Å². The number of anilines is 1. The minimum Gasteiger partial charge on any atom is -0.497 e. The highest BCUT2D eigenvalue weighted by molar-refractivity contribution is 7.80. The van der Waals surface area contributed by atoms with Gasteiger partial charge < -0.3 is 19.6 Å². The topological polar surface area (TPSA) is 128 Å². The van der Waals surface area contributed by atoms with Crippen LogP contribution >= 0.6 is 0 Å². The molecule has 2 aromatic carbocycles. The molecule has 0 aliphatic carbocycles. The molecular weight excluding hydrogens is 374 g/mol. The zero-order chi connectivity index (χ0) is 19.4. The molecular formula is C17H17N3O6S. The number of nitrogens with one attached hydrogen (secondary N) is 2. The van der Waals surface area contributed by atoms with Crippen molar-refractivity contribution in [1.82, 2.24) is 9.97 Å². The first kappa shape index (κ1) is 18.5. The molecule has 0 fully saturated rings. The summed E-state index contributed by atoms with van der Waals surface area (Å²) in [5, 5.41) is 9.67. The highest BCUT2D eigenvalue weighted by Gasteiger charge is 2.18. The van der Waals surface area contributed by atoms with Crippen LogP contribution in [0, 0.1) is 0 Å². The fraction of sp³-hybridized carbons (Fsp3) is 0.118. The van der Waals surface area contributed by atoms with Gasteiger partial charge in [-0.05, 0) is 36.4 Å². The van der Waals surface area contributed by atoms with Gasteiger partial charge >= 0.3 is 5.69 Å². The van der Waals surface area contributed by atoms with Crippen molar-refractivity contribution < 1.29 is 23.3 Å². The fourth-order valence-electron chi connectivity index (χ4n) is 2.39. The van der Waals surface area contributed by atoms with Gasteiger partial charge in [-0.3, -0.25) is 13.8 Å². The van der Waals surface area contributed by atoms with Gasteiger partial charge in [-0.1, -0.05) is 6.07 Å². The lowest BCUT2D eigenvalue weighted by Crippen LogP contribution is -2.25. The largest absolute Gasteiger partial charge is 0.497 e. The summed E-state index contributed by atoms with van der Waals surface area (Å²) >= 11 is -2.40. The number of aromatic hydroxyl groups is 1. The molecule has 3 aromatic rings. The van der Waals surface area contributed by atoms with Gasteiger partial charge in [0.25, 0.3) is 11.3 Å². The van der Waals surface area contributed by atoms with Gasteiger partial charge in [0.1, 0.15) is 22.9 Å². The lowest BCUT2D eigenvalue weighted by atomic mass is 10.3. The van der Waals surface area contributed by atoms with E-state index in [4.69, 9.17) is 9.47 Å². The smallest absolute Gasteiger partial charge is 0.326 e. The molecule has 10 heteroatoms. The van der Waals surface area contributed by atoms with Crippen LogP contribution in [0.1, 0.15) is 5.69 Å². The maximum absolute atomic E-state index is 11.8. The molecule has 9 nitrogen and oxygen atoms in total. The van der Waals surface area contributed by atoms with Crippen LogP contribution in [0.2, 0.25) is 0 Å². The van der Waals surface area contributed by atoms with Crippen molar-refractivity contribution in [3.05, 3.63) is 64.7 Å². The monoisotopic (exact) mass is 391 g/mol. The number of H-pyrrole nitrogens is 2. The van der Waals surface area contributed by atoms with E-state index in [-0.39, 0.29) is 18.1 Å². The average Bonchev–Trinajstić information content (AvgIpc) is 2.97. The first-order valence-electron chi connectivity index (χ1n) is 7.77. The van der Waals surface area contributed by atoms with Gasteiger partial charge in [0.05, 0.1) is 19.3 Å². The Labute approximate surface area is 156 Å². The zero-order valence-electron chi connectivity index (χ0n) is 14.2. The van der Waals surface area contributed by atoms with Crippen LogP contribution in [0.5, 0.6) is 23.1 Å². The van der Waals surface area contributed by atoms with Crippen molar-refractivity contribution in [3.63, 3.8) is 0 Å². The number of imidazole rings is 1. The van der Waals surface area contributed by atoms with E-state index in [0.29, 0.717) is 22.9 Å². The molecule has 0 aliphatic heterocycles. The van der Waals surface area contributed by atoms with Crippen molar-refractivity contribution in [2.75, 3.05) is 11.4 Å². The molecule has 3 rings (SSSR count). The molecule has 0 saturated carbocycles. The standard InChI is InChI=1S/C17H17N3O6S/c1-25-12-5-7-13(8-6-12)26-14-4-2-3-11(9-14)20(27(23)24)10-15-16(21)19-17(22)18-15/h2-9,21H,10H2,1H3,(H,23,24)(H2,18,19,22). The Morgan fingerprint density at radius 2 is 1.78 bits per heavy atom. The lowest BCUT2D eigenvalue weighted by molar-refractivity contribution is 0.413. The molecule has 0 aliphatic rings. The predicted octanol–water partition coefficient (Wildman–Crippen LogP) is 2.35. The van der Waals surface area contributed by atoms with Crippen molar-refractivity contribution in [1.29, 1.82) is 0 Å². The summed E-state index contributed by atoms with van der Waals surface area (Å²) in [6.45, 7) is -0.195. The van der Waals surface area contributed by atoms with Crippen LogP contribution in [0.25, 0.3) is 0 Å². The number of aromatic nitrogens is 2. The summed E-state index contributed by atoms with van der Waals surface area (Å²) < 4.78 is 33.3. The maximum atomic E-state index is 11.8. The van der Waals surface area contributed by atoms with E-state index in [9.17, 15) is 18.7 Å². The van der Waals surface area contributed by atoms with Gasteiger partial charge in [-0.25, -0.2) is 9.00 Å². The molecule has 0 radical (unpaired) electrons. The summed E-state index contributed by atoms with van der Waals surface area (Å²) in [6.07, 6.45) is 0. The molecule has 142 valence electrons. The lowest BCUT2D eigenvalue weighted by Gasteiger charge is -2.20. The number of methoxy groups -OCH3 is 1. The molecule has 1 aromatic heterocycles. The molecule has 0 bridgehead atoms. The Kier molecular flexibility index (Phi) is 5.48. The number of nitrogens with zero attached hydrogens (tertiary/aromatic N) is 1. The Morgan fingerprint density at radius 1 is 1.07 bits per heavy atom. The second kappa shape index (κ2) is 7.98. The average molecular weight is 391 g/mol. The Bertz CT molecular complexity index is 998. The normalized spacial score (nSPS) is 11.8. The minimum atomic E-state index is -2.40. The number of rotatable bonds is 7. The fourth-order valence-corrected chi connectivity index (χ4v) is 2.92. The Morgan fingerprint density at radius 3 is 2.37 bits per heavy atom. The summed E-state index contributed by atoms with van der Waals surface area (Å²) in [6, 6.07) is 13.5. The Hall–Kier alpha value is -3.24. The number of ether oxygens (including phenoxy) is 2. The molecule has 1 unspecified atom stereocenters. The molecule has 1 atom stereocenters. The van der Waals surface area contributed by atoms with E-state index in [1.807, 2.05) is 0 Å². The van der Waals surface area contributed by atoms with Gasteiger partial charge in [0, 0.05) is 6.07 Å². The molecule has 27 heavy (non-hydrogen) atoms. The van der Waals surface area contributed by atoms with E-state index >= 15 is 0 Å². The minimum absolute atomic E-state index is 0.0869. The van der Waals surface area contributed by atoms with Crippen LogP contribution in [0.3, 0.4) is 0 Å². The van der Waals surface area contributed by atoms with Crippen LogP contribution in [0.15, 0.2) is 53.3 Å². The van der Waals surface area contributed by atoms with Crippen molar-refractivity contribution in [2.24, 2.45) is 0 Å². The SMILES string of the molecule is COc1ccc(Oc2cccc(N(Cc3[nH]c(=O)[nH]c3O)S(=O)O)c2)cc1. The number of hydrogen-bond donors (Lipinski definition) is 4. The zero-order valence-corrected chi connectivity index (χ0v) is 15.0. The summed E-state index contributed by atoms with van der Waals surface area (Å²) in [7, 11) is 1.57. The second-order valence-electron chi connectivity index (χ2n) is 5.45. The third kappa shape index (κ3) is 4.49. The van der Waals surface area contributed by atoms with Crippen LogP contribution < -0.4 is 19.5 Å². The van der Waals surface area contributed by atoms with Gasteiger partial charge in [0.2, 0.25) is 5.88 Å². The Balaban J connectivity index is 1.83. The molecule has 0 amide bonds. The number of aromatic amines is 2. The van der Waals surface area contributed by atoms with E-state index in [0.717, 1.165) is 4.31 Å². The summed E-state index contributed by atoms with van der Waals surface area (Å²) in [5.41, 5.74) is -0.157. The maximum Gasteiger partial charge on any atom is 0.326 e. The van der Waals surface area contributed by atoms with E-state index < -0.39 is 17.0 Å². The molecule has 0 spiro atoms. The third-order valence-corrected chi connectivity index (χ3v) is 4.39. The van der Waals surface area contributed by atoms with Crippen LogP contribution in [0.4, 0.5) is 5.69 Å². The first-order valence-corrected chi connectivity index (χ1v) is 8.83. The van der Waals surface area contributed by atoms with Gasteiger partial charge in [0.15, 0.2) is 0 Å². The van der Waals surface area contributed by atoms with Gasteiger partial charge in [-0.2, -0.15) is 0 Å². The molecule has 0 saturated heterocycles. The molecule has 4 N–H and O–H groups in total. The first-order chi connectivity index (χ1) is 13.0. The number of hydrogen-bond acceptors (Lipinski definition) is 5. The quantitative estimate of drug-likeness (QED) is 0.458. The number of benzene rings is 2. The van der Waals surface area contributed by atoms with Crippen molar-refractivity contribution in [3.8, 4) is 23.1 Å². The highest BCUT2D eigenvalue weighted by Crippen LogP contribution is 2.29. The van der Waals surface area contributed by atoms with E-state index in [1.165, 1.54) is 0 Å². The summed E-state index contributed by atoms with van der Waals surface area (Å²) in [5.74, 6) is 1.32. The van der Waals surface area contributed by atoms with Crippen LogP contribution in [-0.2, 0) is 17.8 Å². The van der Waals surface area contributed by atoms with Gasteiger partial charge in [-0.15, -0.1) is 0 Å². The highest BCUT2D eigenvalue weighted by atomic mass is 32.2. The van der Waals surface area contributed by atoms with E-state index in [1.54, 1.807) is 55.6 Å². The van der Waals surface area contributed by atoms with E-state index in [2.05, 4.69) is 9.97 Å². The second-order valence-corrected chi connectivity index (χ2v) is 6.35. The predicted molar refractivity (Wildman–Crippen MR) is 99.5 cm³/mol. The van der Waals surface area contributed by atoms with Crippen LogP contribution in [-0.4, -0.2) is 30.9 Å². The summed E-state index contributed by atoms with van der Waals surface area (Å²) in [4.78, 5) is 15.8. The third-order valence-electron chi connectivity index (χ3n) is 3.67. The van der Waals surface area contributed by atoms with Crippen molar-refractivity contribution in [2.45, 2.75) is 6.54 Å². The molecule has 1 heterocycles.